The Morgan fingerprint density at radius 2 is 1.91 bits per heavy atom. The van der Waals surface area contributed by atoms with Gasteiger partial charge < -0.3 is 14.0 Å². The predicted molar refractivity (Wildman–Crippen MR) is 84.7 cm³/mol. The molecule has 0 radical (unpaired) electrons. The molecule has 0 aliphatic carbocycles. The monoisotopic (exact) mass is 309 g/mol. The zero-order chi connectivity index (χ0) is 16.1. The molecule has 0 N–H and O–H groups in total. The number of aromatic nitrogens is 1. The number of carbonyl (C=O) groups is 1. The number of hydrogen-bond acceptors (Lipinski definition) is 5. The number of hydrogen-bond donors (Lipinski definition) is 0. The minimum atomic E-state index is 0.243. The SMILES string of the molecule is COc1cc(C=O)ccc1OCc1cc(-c2ccccc2)on1. The lowest BCUT2D eigenvalue weighted by Gasteiger charge is -2.09. The van der Waals surface area contributed by atoms with E-state index in [1.54, 1.807) is 18.2 Å². The molecule has 0 saturated heterocycles. The lowest BCUT2D eigenvalue weighted by Crippen LogP contribution is -1.98. The van der Waals surface area contributed by atoms with E-state index >= 15 is 0 Å². The van der Waals surface area contributed by atoms with Gasteiger partial charge in [-0.05, 0) is 18.2 Å². The van der Waals surface area contributed by atoms with Crippen LogP contribution in [0.1, 0.15) is 16.1 Å². The summed E-state index contributed by atoms with van der Waals surface area (Å²) in [6, 6.07) is 16.5. The van der Waals surface area contributed by atoms with E-state index in [2.05, 4.69) is 5.16 Å². The quantitative estimate of drug-likeness (QED) is 0.649. The van der Waals surface area contributed by atoms with Crippen LogP contribution in [0.3, 0.4) is 0 Å². The second-order valence-corrected chi connectivity index (χ2v) is 4.87. The Morgan fingerprint density at radius 1 is 1.09 bits per heavy atom. The predicted octanol–water partition coefficient (Wildman–Crippen LogP) is 3.74. The summed E-state index contributed by atoms with van der Waals surface area (Å²) in [5.41, 5.74) is 2.16. The molecule has 0 aliphatic rings. The highest BCUT2D eigenvalue weighted by atomic mass is 16.5. The second-order valence-electron chi connectivity index (χ2n) is 4.87. The molecule has 116 valence electrons. The molecule has 0 aliphatic heterocycles. The normalized spacial score (nSPS) is 10.3. The molecule has 5 nitrogen and oxygen atoms in total. The molecule has 3 aromatic rings. The third-order valence-electron chi connectivity index (χ3n) is 3.32. The Hall–Kier alpha value is -3.08. The third-order valence-corrected chi connectivity index (χ3v) is 3.32. The van der Waals surface area contributed by atoms with E-state index in [-0.39, 0.29) is 6.61 Å². The fourth-order valence-electron chi connectivity index (χ4n) is 2.15. The molecule has 0 atom stereocenters. The van der Waals surface area contributed by atoms with Crippen LogP contribution in [0.15, 0.2) is 59.1 Å². The average molecular weight is 309 g/mol. The Labute approximate surface area is 133 Å². The average Bonchev–Trinajstić information content (AvgIpc) is 3.09. The number of methoxy groups -OCH3 is 1. The molecule has 3 rings (SSSR count). The highest BCUT2D eigenvalue weighted by Gasteiger charge is 2.09. The van der Waals surface area contributed by atoms with E-state index in [4.69, 9.17) is 14.0 Å². The summed E-state index contributed by atoms with van der Waals surface area (Å²) < 4.78 is 16.2. The van der Waals surface area contributed by atoms with Crippen LogP contribution in [-0.4, -0.2) is 18.6 Å². The molecule has 0 bridgehead atoms. The summed E-state index contributed by atoms with van der Waals surface area (Å²) in [5, 5.41) is 4.00. The standard InChI is InChI=1S/C18H15NO4/c1-21-18-9-13(11-20)7-8-16(18)22-12-15-10-17(23-19-15)14-5-3-2-4-6-14/h2-11H,12H2,1H3. The van der Waals surface area contributed by atoms with Crippen molar-refractivity contribution in [2.45, 2.75) is 6.61 Å². The van der Waals surface area contributed by atoms with E-state index in [1.165, 1.54) is 7.11 Å². The van der Waals surface area contributed by atoms with Crippen LogP contribution in [0.5, 0.6) is 11.5 Å². The number of aldehydes is 1. The number of nitrogens with zero attached hydrogens (tertiary/aromatic N) is 1. The van der Waals surface area contributed by atoms with Gasteiger partial charge in [-0.25, -0.2) is 0 Å². The van der Waals surface area contributed by atoms with Gasteiger partial charge in [-0.15, -0.1) is 0 Å². The van der Waals surface area contributed by atoms with Gasteiger partial charge in [-0.1, -0.05) is 35.5 Å². The summed E-state index contributed by atoms with van der Waals surface area (Å²) in [6.07, 6.45) is 0.760. The molecule has 0 amide bonds. The number of carbonyl (C=O) groups excluding carboxylic acids is 1. The largest absolute Gasteiger partial charge is 0.493 e. The van der Waals surface area contributed by atoms with Gasteiger partial charge in [0.25, 0.3) is 0 Å². The molecular formula is C18H15NO4. The van der Waals surface area contributed by atoms with Gasteiger partial charge in [0.1, 0.15) is 18.6 Å². The van der Waals surface area contributed by atoms with E-state index in [9.17, 15) is 4.79 Å². The van der Waals surface area contributed by atoms with Crippen LogP contribution < -0.4 is 9.47 Å². The lowest BCUT2D eigenvalue weighted by molar-refractivity contribution is 0.112. The Morgan fingerprint density at radius 3 is 2.65 bits per heavy atom. The van der Waals surface area contributed by atoms with Crippen molar-refractivity contribution in [1.82, 2.24) is 5.16 Å². The molecule has 1 heterocycles. The van der Waals surface area contributed by atoms with Gasteiger partial charge in [0.2, 0.25) is 0 Å². The van der Waals surface area contributed by atoms with Crippen LogP contribution in [0.4, 0.5) is 0 Å². The van der Waals surface area contributed by atoms with E-state index in [0.29, 0.717) is 28.5 Å². The molecule has 0 spiro atoms. The minimum absolute atomic E-state index is 0.243. The summed E-state index contributed by atoms with van der Waals surface area (Å²) in [5.74, 6) is 1.73. The van der Waals surface area contributed by atoms with Crippen LogP contribution in [0, 0.1) is 0 Å². The summed E-state index contributed by atoms with van der Waals surface area (Å²) in [4.78, 5) is 10.8. The van der Waals surface area contributed by atoms with Crippen molar-refractivity contribution >= 4 is 6.29 Å². The van der Waals surface area contributed by atoms with Crippen molar-refractivity contribution in [2.75, 3.05) is 7.11 Å². The molecule has 0 unspecified atom stereocenters. The first-order valence-corrected chi connectivity index (χ1v) is 7.07. The Bertz CT molecular complexity index is 796. The van der Waals surface area contributed by atoms with Crippen molar-refractivity contribution in [1.29, 1.82) is 0 Å². The van der Waals surface area contributed by atoms with E-state index in [1.807, 2.05) is 36.4 Å². The molecule has 23 heavy (non-hydrogen) atoms. The van der Waals surface area contributed by atoms with Gasteiger partial charge in [-0.3, -0.25) is 4.79 Å². The molecule has 2 aromatic carbocycles. The maximum atomic E-state index is 10.8. The smallest absolute Gasteiger partial charge is 0.167 e. The minimum Gasteiger partial charge on any atom is -0.493 e. The first-order chi connectivity index (χ1) is 11.3. The van der Waals surface area contributed by atoms with E-state index < -0.39 is 0 Å². The Kier molecular flexibility index (Phi) is 4.38. The highest BCUT2D eigenvalue weighted by molar-refractivity contribution is 5.76. The fraction of sp³-hybridized carbons (Fsp3) is 0.111. The van der Waals surface area contributed by atoms with Crippen LogP contribution in [0.2, 0.25) is 0 Å². The number of benzene rings is 2. The fourth-order valence-corrected chi connectivity index (χ4v) is 2.15. The van der Waals surface area contributed by atoms with Crippen molar-refractivity contribution in [2.24, 2.45) is 0 Å². The first kappa shape index (κ1) is 14.8. The molecule has 5 heteroatoms. The van der Waals surface area contributed by atoms with Crippen molar-refractivity contribution < 1.29 is 18.8 Å². The molecule has 0 saturated carbocycles. The van der Waals surface area contributed by atoms with Gasteiger partial charge in [0.05, 0.1) is 7.11 Å². The van der Waals surface area contributed by atoms with Crippen molar-refractivity contribution in [3.63, 3.8) is 0 Å². The number of rotatable bonds is 6. The zero-order valence-electron chi connectivity index (χ0n) is 12.6. The highest BCUT2D eigenvalue weighted by Crippen LogP contribution is 2.28. The summed E-state index contributed by atoms with van der Waals surface area (Å²) in [6.45, 7) is 0.243. The van der Waals surface area contributed by atoms with E-state index in [0.717, 1.165) is 11.8 Å². The van der Waals surface area contributed by atoms with Crippen molar-refractivity contribution in [3.8, 4) is 22.8 Å². The first-order valence-electron chi connectivity index (χ1n) is 7.07. The van der Waals surface area contributed by atoms with Gasteiger partial charge in [0.15, 0.2) is 17.3 Å². The van der Waals surface area contributed by atoms with Gasteiger partial charge in [-0.2, -0.15) is 0 Å². The maximum Gasteiger partial charge on any atom is 0.167 e. The van der Waals surface area contributed by atoms with Crippen LogP contribution in [-0.2, 0) is 6.61 Å². The third kappa shape index (κ3) is 3.40. The van der Waals surface area contributed by atoms with Gasteiger partial charge >= 0.3 is 0 Å². The maximum absolute atomic E-state index is 10.8. The summed E-state index contributed by atoms with van der Waals surface area (Å²) >= 11 is 0. The molecule has 1 aromatic heterocycles. The molecule has 0 fully saturated rings. The molecular weight excluding hydrogens is 294 g/mol. The zero-order valence-corrected chi connectivity index (χ0v) is 12.6. The number of ether oxygens (including phenoxy) is 2. The Balaban J connectivity index is 1.72. The lowest BCUT2D eigenvalue weighted by atomic mass is 10.2. The topological polar surface area (TPSA) is 61.6 Å². The van der Waals surface area contributed by atoms with Crippen molar-refractivity contribution in [3.05, 3.63) is 65.9 Å². The summed E-state index contributed by atoms with van der Waals surface area (Å²) in [7, 11) is 1.53. The van der Waals surface area contributed by atoms with Crippen LogP contribution >= 0.6 is 0 Å². The van der Waals surface area contributed by atoms with Crippen LogP contribution in [0.25, 0.3) is 11.3 Å². The second kappa shape index (κ2) is 6.79. The van der Waals surface area contributed by atoms with Gasteiger partial charge in [0, 0.05) is 17.2 Å².